The Balaban J connectivity index is 1.41. The lowest BCUT2D eigenvalue weighted by molar-refractivity contribution is 0.102. The zero-order chi connectivity index (χ0) is 25.1. The van der Waals surface area contributed by atoms with Gasteiger partial charge in [-0.1, -0.05) is 32.0 Å². The standard InChI is InChI=1S/C28H33N7O/c1-18(2)24-25(27-30-16-17-35(27)34-26(24)32-23-14-10-20(29)11-15-23)31-22-12-8-19(9-13-22)28(36)33-21-6-4-3-5-7-21/h3-9,12-13,16-18,20,23,31H,10-11,14-15,29H2,1-2H3,(H,32,34)(H,33,36)/t20-,23-. The predicted octanol–water partition coefficient (Wildman–Crippen LogP) is 5.53. The number of nitrogens with zero attached hydrogens (tertiary/aromatic N) is 3. The number of nitrogens with two attached hydrogens (primary N) is 1. The number of imidazole rings is 1. The third kappa shape index (κ3) is 5.18. The minimum absolute atomic E-state index is 0.145. The van der Waals surface area contributed by atoms with Crippen molar-refractivity contribution < 1.29 is 4.79 Å². The maximum atomic E-state index is 12.7. The van der Waals surface area contributed by atoms with E-state index in [9.17, 15) is 4.79 Å². The zero-order valence-corrected chi connectivity index (χ0v) is 20.7. The van der Waals surface area contributed by atoms with Crippen molar-refractivity contribution in [1.82, 2.24) is 14.6 Å². The Kier molecular flexibility index (Phi) is 6.86. The fourth-order valence-corrected chi connectivity index (χ4v) is 4.78. The molecule has 8 nitrogen and oxygen atoms in total. The minimum Gasteiger partial charge on any atom is -0.366 e. The second kappa shape index (κ2) is 10.4. The Morgan fingerprint density at radius 3 is 2.42 bits per heavy atom. The first kappa shape index (κ1) is 23.8. The van der Waals surface area contributed by atoms with E-state index in [2.05, 4.69) is 34.8 Å². The molecule has 0 radical (unpaired) electrons. The van der Waals surface area contributed by atoms with Gasteiger partial charge < -0.3 is 21.7 Å². The van der Waals surface area contributed by atoms with Crippen molar-refractivity contribution in [2.24, 2.45) is 5.73 Å². The summed E-state index contributed by atoms with van der Waals surface area (Å²) < 4.78 is 1.81. The quantitative estimate of drug-likeness (QED) is 0.275. The van der Waals surface area contributed by atoms with Crippen LogP contribution in [0.2, 0.25) is 0 Å². The molecule has 4 aromatic rings. The van der Waals surface area contributed by atoms with Gasteiger partial charge in [0.05, 0.1) is 5.69 Å². The lowest BCUT2D eigenvalue weighted by Gasteiger charge is -2.29. The van der Waals surface area contributed by atoms with E-state index in [-0.39, 0.29) is 11.8 Å². The Morgan fingerprint density at radius 1 is 1.00 bits per heavy atom. The van der Waals surface area contributed by atoms with E-state index >= 15 is 0 Å². The number of fused-ring (bicyclic) bond motifs is 1. The van der Waals surface area contributed by atoms with Crippen LogP contribution >= 0.6 is 0 Å². The molecule has 2 aromatic heterocycles. The highest BCUT2D eigenvalue weighted by Gasteiger charge is 2.24. The van der Waals surface area contributed by atoms with Crippen molar-refractivity contribution in [2.75, 3.05) is 16.0 Å². The number of nitrogens with one attached hydrogen (secondary N) is 3. The molecule has 5 N–H and O–H groups in total. The van der Waals surface area contributed by atoms with E-state index in [1.807, 2.05) is 65.3 Å². The summed E-state index contributed by atoms with van der Waals surface area (Å²) >= 11 is 0. The second-order valence-electron chi connectivity index (χ2n) is 9.77. The summed E-state index contributed by atoms with van der Waals surface area (Å²) in [5, 5.41) is 15.1. The molecule has 0 saturated heterocycles. The van der Waals surface area contributed by atoms with E-state index in [1.54, 1.807) is 6.20 Å². The van der Waals surface area contributed by atoms with Crippen LogP contribution in [0.5, 0.6) is 0 Å². The van der Waals surface area contributed by atoms with Gasteiger partial charge >= 0.3 is 0 Å². The molecule has 1 aliphatic rings. The molecule has 1 aliphatic carbocycles. The molecule has 1 saturated carbocycles. The number of carbonyl (C=O) groups excluding carboxylic acids is 1. The third-order valence-corrected chi connectivity index (χ3v) is 6.72. The molecule has 2 aromatic carbocycles. The highest BCUT2D eigenvalue weighted by molar-refractivity contribution is 6.04. The number of anilines is 4. The molecule has 1 fully saturated rings. The van der Waals surface area contributed by atoms with Crippen molar-refractivity contribution in [1.29, 1.82) is 0 Å². The molecule has 0 unspecified atom stereocenters. The number of hydrogen-bond acceptors (Lipinski definition) is 6. The number of carbonyl (C=O) groups is 1. The van der Waals surface area contributed by atoms with Crippen LogP contribution in [0, 0.1) is 0 Å². The molecule has 0 aliphatic heterocycles. The zero-order valence-electron chi connectivity index (χ0n) is 20.7. The first-order chi connectivity index (χ1) is 17.5. The second-order valence-corrected chi connectivity index (χ2v) is 9.77. The fraction of sp³-hybridized carbons (Fsp3) is 0.321. The molecule has 0 bridgehead atoms. The summed E-state index contributed by atoms with van der Waals surface area (Å²) in [6, 6.07) is 17.6. The van der Waals surface area contributed by atoms with E-state index < -0.39 is 0 Å². The number of hydrogen-bond donors (Lipinski definition) is 4. The van der Waals surface area contributed by atoms with Gasteiger partial charge in [-0.05, 0) is 68.0 Å². The molecule has 5 rings (SSSR count). The van der Waals surface area contributed by atoms with Crippen molar-refractivity contribution in [3.05, 3.63) is 78.1 Å². The third-order valence-electron chi connectivity index (χ3n) is 6.72. The van der Waals surface area contributed by atoms with Gasteiger partial charge in [0.25, 0.3) is 5.91 Å². The van der Waals surface area contributed by atoms with E-state index in [0.717, 1.165) is 59.8 Å². The Hall–Kier alpha value is -3.91. The van der Waals surface area contributed by atoms with Crippen LogP contribution in [0.25, 0.3) is 5.65 Å². The van der Waals surface area contributed by atoms with Gasteiger partial charge in [0.15, 0.2) is 11.5 Å². The van der Waals surface area contributed by atoms with E-state index in [0.29, 0.717) is 17.6 Å². The Morgan fingerprint density at radius 2 is 1.72 bits per heavy atom. The van der Waals surface area contributed by atoms with Crippen LogP contribution < -0.4 is 21.7 Å². The van der Waals surface area contributed by atoms with Gasteiger partial charge in [-0.25, -0.2) is 9.50 Å². The molecule has 0 spiro atoms. The van der Waals surface area contributed by atoms with Gasteiger partial charge in [-0.2, -0.15) is 0 Å². The molecule has 36 heavy (non-hydrogen) atoms. The number of rotatable bonds is 7. The molecule has 0 atom stereocenters. The molecule has 1 amide bonds. The van der Waals surface area contributed by atoms with Crippen LogP contribution in [-0.4, -0.2) is 32.6 Å². The molecular weight excluding hydrogens is 450 g/mol. The summed E-state index contributed by atoms with van der Waals surface area (Å²) in [4.78, 5) is 17.2. The summed E-state index contributed by atoms with van der Waals surface area (Å²) in [5.74, 6) is 0.942. The SMILES string of the molecule is CC(C)c1c(N[C@H]2CC[C@H](N)CC2)nn2ccnc2c1Nc1ccc(C(=O)Nc2ccccc2)cc1. The molecular formula is C28H33N7O. The number of para-hydroxylation sites is 1. The van der Waals surface area contributed by atoms with Gasteiger partial charge in [0.2, 0.25) is 0 Å². The largest absolute Gasteiger partial charge is 0.366 e. The van der Waals surface area contributed by atoms with Gasteiger partial charge in [0.1, 0.15) is 0 Å². The maximum absolute atomic E-state index is 12.7. The van der Waals surface area contributed by atoms with Gasteiger partial charge in [-0.3, -0.25) is 4.79 Å². The summed E-state index contributed by atoms with van der Waals surface area (Å²) in [5.41, 5.74) is 11.1. The molecule has 2 heterocycles. The molecule has 186 valence electrons. The predicted molar refractivity (Wildman–Crippen MR) is 145 cm³/mol. The highest BCUT2D eigenvalue weighted by atomic mass is 16.1. The van der Waals surface area contributed by atoms with Crippen LogP contribution in [0.3, 0.4) is 0 Å². The number of benzene rings is 2. The average molecular weight is 484 g/mol. The lowest BCUT2D eigenvalue weighted by Crippen LogP contribution is -2.33. The minimum atomic E-state index is -0.145. The van der Waals surface area contributed by atoms with Crippen molar-refractivity contribution in [3.63, 3.8) is 0 Å². The highest BCUT2D eigenvalue weighted by Crippen LogP contribution is 2.36. The number of aromatic nitrogens is 3. The smallest absolute Gasteiger partial charge is 0.255 e. The van der Waals surface area contributed by atoms with Crippen LogP contribution in [-0.2, 0) is 0 Å². The lowest BCUT2D eigenvalue weighted by atomic mass is 9.91. The summed E-state index contributed by atoms with van der Waals surface area (Å²) in [6.07, 6.45) is 7.76. The van der Waals surface area contributed by atoms with Crippen molar-refractivity contribution >= 4 is 34.4 Å². The van der Waals surface area contributed by atoms with Crippen molar-refractivity contribution in [3.8, 4) is 0 Å². The topological polar surface area (TPSA) is 109 Å². The summed E-state index contributed by atoms with van der Waals surface area (Å²) in [6.45, 7) is 4.33. The van der Waals surface area contributed by atoms with E-state index in [4.69, 9.17) is 10.8 Å². The van der Waals surface area contributed by atoms with Crippen molar-refractivity contribution in [2.45, 2.75) is 57.5 Å². The van der Waals surface area contributed by atoms with Crippen LogP contribution in [0.1, 0.15) is 61.4 Å². The first-order valence-electron chi connectivity index (χ1n) is 12.6. The fourth-order valence-electron chi connectivity index (χ4n) is 4.78. The normalized spacial score (nSPS) is 17.8. The van der Waals surface area contributed by atoms with E-state index in [1.165, 1.54) is 0 Å². The van der Waals surface area contributed by atoms with Crippen LogP contribution in [0.4, 0.5) is 22.9 Å². The van der Waals surface area contributed by atoms with Gasteiger partial charge in [-0.15, -0.1) is 5.10 Å². The molecule has 8 heteroatoms. The Bertz CT molecular complexity index is 1320. The Labute approximate surface area is 211 Å². The average Bonchev–Trinajstić information content (AvgIpc) is 3.35. The number of amides is 1. The maximum Gasteiger partial charge on any atom is 0.255 e. The van der Waals surface area contributed by atoms with Gasteiger partial charge in [0, 0.05) is 47.0 Å². The monoisotopic (exact) mass is 483 g/mol. The summed E-state index contributed by atoms with van der Waals surface area (Å²) in [7, 11) is 0. The van der Waals surface area contributed by atoms with Crippen LogP contribution in [0.15, 0.2) is 67.0 Å². The first-order valence-corrected chi connectivity index (χ1v) is 12.6.